The van der Waals surface area contributed by atoms with E-state index < -0.39 is 0 Å². The number of nitrogens with zero attached hydrogens (tertiary/aromatic N) is 1. The molecule has 0 atom stereocenters. The summed E-state index contributed by atoms with van der Waals surface area (Å²) in [7, 11) is 0. The molecule has 0 saturated carbocycles. The van der Waals surface area contributed by atoms with Gasteiger partial charge in [0.2, 0.25) is 5.91 Å². The van der Waals surface area contributed by atoms with Crippen LogP contribution in [0.3, 0.4) is 0 Å². The molecule has 1 aromatic carbocycles. The number of anilines is 1. The molecule has 0 saturated heterocycles. The van der Waals surface area contributed by atoms with Gasteiger partial charge in [-0.25, -0.2) is 4.39 Å². The maximum atomic E-state index is 13.8. The monoisotopic (exact) mass is 221 g/mol. The van der Waals surface area contributed by atoms with Gasteiger partial charge in [0.15, 0.2) is 0 Å². The number of hydrogen-bond donors (Lipinski definition) is 0. The second-order valence-corrected chi connectivity index (χ2v) is 4.50. The van der Waals surface area contributed by atoms with Gasteiger partial charge in [0.25, 0.3) is 0 Å². The Hall–Kier alpha value is -1.38. The predicted molar refractivity (Wildman–Crippen MR) is 61.9 cm³/mol. The molecule has 2 rings (SSSR count). The summed E-state index contributed by atoms with van der Waals surface area (Å²) >= 11 is 0. The number of aryl methyl sites for hydroxylation is 1. The molecule has 0 aliphatic carbocycles. The lowest BCUT2D eigenvalue weighted by atomic mass is 10.00. The van der Waals surface area contributed by atoms with Crippen LogP contribution in [-0.4, -0.2) is 12.5 Å². The summed E-state index contributed by atoms with van der Waals surface area (Å²) in [5.74, 6) is -0.372. The molecule has 0 fully saturated rings. The standard InChI is InChI=1S/C13H16FNO/c1-9(2)13(16)15-8-4-6-10-5-3-7-11(14)12(10)15/h3,5,7,9H,4,6,8H2,1-2H3. The first-order chi connectivity index (χ1) is 7.61. The van der Waals surface area contributed by atoms with Crippen LogP contribution in [0, 0.1) is 11.7 Å². The van der Waals surface area contributed by atoms with Crippen molar-refractivity contribution in [3.05, 3.63) is 29.6 Å². The summed E-state index contributed by atoms with van der Waals surface area (Å²) < 4.78 is 13.8. The molecular formula is C13H16FNO. The molecule has 0 radical (unpaired) electrons. The van der Waals surface area contributed by atoms with Gasteiger partial charge in [-0.05, 0) is 24.5 Å². The summed E-state index contributed by atoms with van der Waals surface area (Å²) in [4.78, 5) is 13.6. The van der Waals surface area contributed by atoms with Crippen molar-refractivity contribution < 1.29 is 9.18 Å². The number of carbonyl (C=O) groups excluding carboxylic acids is 1. The van der Waals surface area contributed by atoms with E-state index in [0.717, 1.165) is 18.4 Å². The van der Waals surface area contributed by atoms with E-state index in [2.05, 4.69) is 0 Å². The summed E-state index contributed by atoms with van der Waals surface area (Å²) in [5.41, 5.74) is 1.44. The fraction of sp³-hybridized carbons (Fsp3) is 0.462. The van der Waals surface area contributed by atoms with E-state index >= 15 is 0 Å². The Morgan fingerprint density at radius 3 is 2.88 bits per heavy atom. The highest BCUT2D eigenvalue weighted by Crippen LogP contribution is 2.30. The third-order valence-corrected chi connectivity index (χ3v) is 2.93. The van der Waals surface area contributed by atoms with Crippen molar-refractivity contribution in [1.82, 2.24) is 0 Å². The van der Waals surface area contributed by atoms with E-state index in [1.54, 1.807) is 11.0 Å². The molecule has 3 heteroatoms. The van der Waals surface area contributed by atoms with Gasteiger partial charge in [-0.3, -0.25) is 4.79 Å². The lowest BCUT2D eigenvalue weighted by molar-refractivity contribution is -0.121. The summed E-state index contributed by atoms with van der Waals surface area (Å²) in [6.45, 7) is 4.32. The molecule has 0 spiro atoms. The van der Waals surface area contributed by atoms with Crippen LogP contribution in [0.25, 0.3) is 0 Å². The third kappa shape index (κ3) is 1.82. The zero-order valence-corrected chi connectivity index (χ0v) is 9.66. The van der Waals surface area contributed by atoms with Crippen LogP contribution in [0.1, 0.15) is 25.8 Å². The lowest BCUT2D eigenvalue weighted by Gasteiger charge is -2.31. The van der Waals surface area contributed by atoms with Crippen molar-refractivity contribution in [2.75, 3.05) is 11.4 Å². The molecule has 1 aromatic rings. The van der Waals surface area contributed by atoms with Crippen LogP contribution in [-0.2, 0) is 11.2 Å². The molecule has 2 nitrogen and oxygen atoms in total. The quantitative estimate of drug-likeness (QED) is 0.714. The Balaban J connectivity index is 2.43. The Kier molecular flexibility index (Phi) is 2.95. The summed E-state index contributed by atoms with van der Waals surface area (Å²) in [5, 5.41) is 0. The van der Waals surface area contributed by atoms with Crippen LogP contribution >= 0.6 is 0 Å². The van der Waals surface area contributed by atoms with E-state index in [0.29, 0.717) is 12.2 Å². The number of amides is 1. The Bertz CT molecular complexity index is 414. The molecule has 0 N–H and O–H groups in total. The van der Waals surface area contributed by atoms with Crippen LogP contribution < -0.4 is 4.90 Å². The van der Waals surface area contributed by atoms with Crippen molar-refractivity contribution in [3.8, 4) is 0 Å². The molecule has 1 heterocycles. The minimum absolute atomic E-state index is 0.00560. The minimum atomic E-state index is -0.286. The summed E-state index contributed by atoms with van der Waals surface area (Å²) in [6, 6.07) is 5.03. The maximum absolute atomic E-state index is 13.8. The second-order valence-electron chi connectivity index (χ2n) is 4.50. The zero-order valence-electron chi connectivity index (χ0n) is 9.66. The average Bonchev–Trinajstić information content (AvgIpc) is 2.27. The largest absolute Gasteiger partial charge is 0.309 e. The molecule has 0 aromatic heterocycles. The average molecular weight is 221 g/mol. The number of para-hydroxylation sites is 1. The van der Waals surface area contributed by atoms with E-state index in [1.807, 2.05) is 19.9 Å². The van der Waals surface area contributed by atoms with Crippen molar-refractivity contribution in [3.63, 3.8) is 0 Å². The molecule has 1 amide bonds. The highest BCUT2D eigenvalue weighted by atomic mass is 19.1. The predicted octanol–water partition coefficient (Wildman–Crippen LogP) is 2.76. The SMILES string of the molecule is CC(C)C(=O)N1CCCc2cccc(F)c21. The smallest absolute Gasteiger partial charge is 0.229 e. The van der Waals surface area contributed by atoms with Gasteiger partial charge in [0, 0.05) is 12.5 Å². The van der Waals surface area contributed by atoms with Crippen molar-refractivity contribution in [2.45, 2.75) is 26.7 Å². The van der Waals surface area contributed by atoms with Gasteiger partial charge in [0.1, 0.15) is 5.82 Å². The molecular weight excluding hydrogens is 205 g/mol. The van der Waals surface area contributed by atoms with Crippen LogP contribution in [0.4, 0.5) is 10.1 Å². The number of carbonyl (C=O) groups is 1. The van der Waals surface area contributed by atoms with Gasteiger partial charge in [-0.1, -0.05) is 26.0 Å². The minimum Gasteiger partial charge on any atom is -0.309 e. The van der Waals surface area contributed by atoms with Gasteiger partial charge in [0.05, 0.1) is 5.69 Å². The summed E-state index contributed by atoms with van der Waals surface area (Å²) in [6.07, 6.45) is 1.77. The van der Waals surface area contributed by atoms with Crippen molar-refractivity contribution in [1.29, 1.82) is 0 Å². The van der Waals surface area contributed by atoms with E-state index in [1.165, 1.54) is 6.07 Å². The van der Waals surface area contributed by atoms with E-state index in [-0.39, 0.29) is 17.6 Å². The van der Waals surface area contributed by atoms with E-state index in [4.69, 9.17) is 0 Å². The third-order valence-electron chi connectivity index (χ3n) is 2.93. The number of fused-ring (bicyclic) bond motifs is 1. The van der Waals surface area contributed by atoms with Crippen LogP contribution in [0.5, 0.6) is 0 Å². The number of benzene rings is 1. The Labute approximate surface area is 95.1 Å². The van der Waals surface area contributed by atoms with Crippen molar-refractivity contribution >= 4 is 11.6 Å². The molecule has 1 aliphatic rings. The molecule has 0 unspecified atom stereocenters. The number of halogens is 1. The molecule has 16 heavy (non-hydrogen) atoms. The molecule has 1 aliphatic heterocycles. The first kappa shape index (κ1) is 11.1. The Morgan fingerprint density at radius 1 is 1.44 bits per heavy atom. The fourth-order valence-corrected chi connectivity index (χ4v) is 2.14. The normalized spacial score (nSPS) is 15.1. The highest BCUT2D eigenvalue weighted by molar-refractivity contribution is 5.95. The van der Waals surface area contributed by atoms with Crippen molar-refractivity contribution in [2.24, 2.45) is 5.92 Å². The zero-order chi connectivity index (χ0) is 11.7. The van der Waals surface area contributed by atoms with Gasteiger partial charge < -0.3 is 4.90 Å². The van der Waals surface area contributed by atoms with Gasteiger partial charge in [-0.2, -0.15) is 0 Å². The van der Waals surface area contributed by atoms with Gasteiger partial charge in [-0.15, -0.1) is 0 Å². The van der Waals surface area contributed by atoms with Crippen LogP contribution in [0.15, 0.2) is 18.2 Å². The molecule has 86 valence electrons. The Morgan fingerprint density at radius 2 is 2.19 bits per heavy atom. The molecule has 0 bridgehead atoms. The highest BCUT2D eigenvalue weighted by Gasteiger charge is 2.26. The number of hydrogen-bond acceptors (Lipinski definition) is 1. The van der Waals surface area contributed by atoms with Gasteiger partial charge >= 0.3 is 0 Å². The first-order valence-electron chi connectivity index (χ1n) is 5.70. The first-order valence-corrected chi connectivity index (χ1v) is 5.70. The second kappa shape index (κ2) is 4.24. The maximum Gasteiger partial charge on any atom is 0.229 e. The van der Waals surface area contributed by atoms with E-state index in [9.17, 15) is 9.18 Å². The number of rotatable bonds is 1. The lowest BCUT2D eigenvalue weighted by Crippen LogP contribution is -2.38. The fourth-order valence-electron chi connectivity index (χ4n) is 2.14. The van der Waals surface area contributed by atoms with Crippen LogP contribution in [0.2, 0.25) is 0 Å². The topological polar surface area (TPSA) is 20.3 Å².